The highest BCUT2D eigenvalue weighted by Crippen LogP contribution is 2.30. The molecule has 0 spiro atoms. The minimum absolute atomic E-state index is 0.0161. The Morgan fingerprint density at radius 3 is 2.29 bits per heavy atom. The van der Waals surface area contributed by atoms with Crippen molar-refractivity contribution in [2.75, 3.05) is 19.0 Å². The Morgan fingerprint density at radius 2 is 1.71 bits per heavy atom. The smallest absolute Gasteiger partial charge is 0.153 e. The Morgan fingerprint density at radius 1 is 1.07 bits per heavy atom. The fourth-order valence-corrected chi connectivity index (χ4v) is 3.81. The van der Waals surface area contributed by atoms with Crippen molar-refractivity contribution in [3.8, 4) is 0 Å². The third-order valence-electron chi connectivity index (χ3n) is 3.18. The van der Waals surface area contributed by atoms with E-state index in [-0.39, 0.29) is 5.25 Å². The lowest BCUT2D eigenvalue weighted by Crippen LogP contribution is -2.20. The molecule has 0 unspecified atom stereocenters. The molecule has 0 radical (unpaired) electrons. The van der Waals surface area contributed by atoms with Crippen LogP contribution in [0.15, 0.2) is 0 Å². The molecule has 1 aliphatic heterocycles. The Hall–Kier alpha value is -0.0900. The monoisotopic (exact) mass is 218 g/mol. The molecule has 2 fully saturated rings. The summed E-state index contributed by atoms with van der Waals surface area (Å²) in [6.07, 6.45) is 4.73. The lowest BCUT2D eigenvalue weighted by molar-refractivity contribution is 0.0656. The number of hydrogen-bond donors (Lipinski definition) is 0. The minimum Gasteiger partial charge on any atom is -0.381 e. The highest BCUT2D eigenvalue weighted by molar-refractivity contribution is 7.92. The van der Waals surface area contributed by atoms with Crippen LogP contribution in [-0.2, 0) is 14.6 Å². The van der Waals surface area contributed by atoms with Crippen LogP contribution in [0.3, 0.4) is 0 Å². The van der Waals surface area contributed by atoms with Crippen molar-refractivity contribution in [1.82, 2.24) is 0 Å². The molecule has 2 aliphatic rings. The summed E-state index contributed by atoms with van der Waals surface area (Å²) in [5.74, 6) is 0.986. The summed E-state index contributed by atoms with van der Waals surface area (Å²) in [6.45, 7) is 1.63. The average Bonchev–Trinajstić information content (AvgIpc) is 3.00. The van der Waals surface area contributed by atoms with Crippen molar-refractivity contribution in [1.29, 1.82) is 0 Å². The summed E-state index contributed by atoms with van der Waals surface area (Å²) in [5.41, 5.74) is 0. The van der Waals surface area contributed by atoms with Crippen molar-refractivity contribution in [3.63, 3.8) is 0 Å². The molecular weight excluding hydrogens is 200 g/mol. The Kier molecular flexibility index (Phi) is 3.12. The molecule has 1 aliphatic carbocycles. The van der Waals surface area contributed by atoms with Gasteiger partial charge in [0.25, 0.3) is 0 Å². The molecule has 0 aromatic carbocycles. The minimum atomic E-state index is -2.73. The summed E-state index contributed by atoms with van der Waals surface area (Å²) < 4.78 is 28.5. The van der Waals surface area contributed by atoms with Crippen molar-refractivity contribution >= 4 is 9.84 Å². The fourth-order valence-electron chi connectivity index (χ4n) is 1.96. The molecule has 1 saturated heterocycles. The lowest BCUT2D eigenvalue weighted by Gasteiger charge is -2.21. The first-order valence-electron chi connectivity index (χ1n) is 5.48. The van der Waals surface area contributed by atoms with Gasteiger partial charge in [0.15, 0.2) is 9.84 Å². The van der Waals surface area contributed by atoms with Crippen LogP contribution in [0.25, 0.3) is 0 Å². The first-order valence-corrected chi connectivity index (χ1v) is 7.19. The van der Waals surface area contributed by atoms with Gasteiger partial charge >= 0.3 is 0 Å². The summed E-state index contributed by atoms with van der Waals surface area (Å²) in [6, 6.07) is 0. The maximum atomic E-state index is 11.6. The van der Waals surface area contributed by atoms with Crippen LogP contribution in [0.2, 0.25) is 0 Å². The predicted molar refractivity (Wildman–Crippen MR) is 55.0 cm³/mol. The van der Waals surface area contributed by atoms with Gasteiger partial charge in [-0.25, -0.2) is 8.42 Å². The van der Waals surface area contributed by atoms with Gasteiger partial charge in [-0.1, -0.05) is 0 Å². The molecule has 82 valence electrons. The first-order chi connectivity index (χ1) is 6.68. The van der Waals surface area contributed by atoms with Crippen LogP contribution in [0.1, 0.15) is 32.1 Å². The molecule has 0 aromatic heterocycles. The quantitative estimate of drug-likeness (QED) is 0.716. The van der Waals surface area contributed by atoms with E-state index in [2.05, 4.69) is 0 Å². The molecule has 3 nitrogen and oxygen atoms in total. The van der Waals surface area contributed by atoms with E-state index in [1.807, 2.05) is 0 Å². The van der Waals surface area contributed by atoms with Gasteiger partial charge in [0.1, 0.15) is 0 Å². The van der Waals surface area contributed by atoms with Crippen molar-refractivity contribution in [2.45, 2.75) is 37.4 Å². The van der Waals surface area contributed by atoms with E-state index in [1.165, 1.54) is 0 Å². The third-order valence-corrected chi connectivity index (χ3v) is 5.48. The predicted octanol–water partition coefficient (Wildman–Crippen LogP) is 1.38. The van der Waals surface area contributed by atoms with E-state index in [1.54, 1.807) is 0 Å². The van der Waals surface area contributed by atoms with Crippen LogP contribution in [-0.4, -0.2) is 32.6 Å². The van der Waals surface area contributed by atoms with Gasteiger partial charge in [0, 0.05) is 13.2 Å². The lowest BCUT2D eigenvalue weighted by atomic mass is 9.98. The summed E-state index contributed by atoms with van der Waals surface area (Å²) in [4.78, 5) is 0. The van der Waals surface area contributed by atoms with Gasteiger partial charge in [-0.3, -0.25) is 0 Å². The van der Waals surface area contributed by atoms with Crippen LogP contribution < -0.4 is 0 Å². The summed E-state index contributed by atoms with van der Waals surface area (Å²) >= 11 is 0. The van der Waals surface area contributed by atoms with Gasteiger partial charge in [0.05, 0.1) is 11.0 Å². The molecule has 0 amide bonds. The van der Waals surface area contributed by atoms with Crippen LogP contribution in [0, 0.1) is 5.92 Å². The Balaban J connectivity index is 1.75. The molecular formula is C10H18O3S. The van der Waals surface area contributed by atoms with Gasteiger partial charge in [-0.2, -0.15) is 0 Å². The largest absolute Gasteiger partial charge is 0.381 e. The van der Waals surface area contributed by atoms with Gasteiger partial charge in [-0.15, -0.1) is 0 Å². The molecule has 4 heteroatoms. The van der Waals surface area contributed by atoms with E-state index in [4.69, 9.17) is 4.74 Å². The first kappa shape index (κ1) is 10.4. The maximum absolute atomic E-state index is 11.6. The molecule has 1 heterocycles. The van der Waals surface area contributed by atoms with Crippen molar-refractivity contribution in [3.05, 3.63) is 0 Å². The van der Waals surface area contributed by atoms with Crippen LogP contribution in [0.4, 0.5) is 0 Å². The van der Waals surface area contributed by atoms with Crippen LogP contribution >= 0.6 is 0 Å². The van der Waals surface area contributed by atoms with E-state index in [9.17, 15) is 8.42 Å². The molecule has 0 N–H and O–H groups in total. The topological polar surface area (TPSA) is 43.4 Å². The van der Waals surface area contributed by atoms with Gasteiger partial charge in [0.2, 0.25) is 0 Å². The highest BCUT2D eigenvalue weighted by Gasteiger charge is 2.35. The van der Waals surface area contributed by atoms with E-state index in [0.29, 0.717) is 11.7 Å². The fraction of sp³-hybridized carbons (Fsp3) is 1.00. The zero-order valence-electron chi connectivity index (χ0n) is 8.44. The number of sulfone groups is 1. The second-order valence-corrected chi connectivity index (χ2v) is 6.81. The second-order valence-electron chi connectivity index (χ2n) is 4.41. The Bertz CT molecular complexity index is 274. The van der Waals surface area contributed by atoms with E-state index in [0.717, 1.165) is 45.3 Å². The SMILES string of the molecule is O=S(=O)(CCC1CCOCC1)C1CC1. The van der Waals surface area contributed by atoms with Crippen LogP contribution in [0.5, 0.6) is 0 Å². The molecule has 14 heavy (non-hydrogen) atoms. The third kappa shape index (κ3) is 2.70. The van der Waals surface area contributed by atoms with Gasteiger partial charge in [-0.05, 0) is 38.0 Å². The van der Waals surface area contributed by atoms with Crippen molar-refractivity contribution in [2.24, 2.45) is 5.92 Å². The zero-order chi connectivity index (χ0) is 10.0. The molecule has 1 saturated carbocycles. The maximum Gasteiger partial charge on any atom is 0.153 e. The standard InChI is InChI=1S/C10H18O3S/c11-14(12,10-1-2-10)8-5-9-3-6-13-7-4-9/h9-10H,1-8H2. The molecule has 0 aromatic rings. The second kappa shape index (κ2) is 4.19. The summed E-state index contributed by atoms with van der Waals surface area (Å²) in [5, 5.41) is 0.0161. The normalized spacial score (nSPS) is 25.1. The molecule has 0 bridgehead atoms. The highest BCUT2D eigenvalue weighted by atomic mass is 32.2. The average molecular weight is 218 g/mol. The molecule has 2 rings (SSSR count). The van der Waals surface area contributed by atoms with Crippen molar-refractivity contribution < 1.29 is 13.2 Å². The Labute approximate surface area is 85.8 Å². The number of ether oxygens (including phenoxy) is 1. The summed E-state index contributed by atoms with van der Waals surface area (Å²) in [7, 11) is -2.73. The number of rotatable bonds is 4. The molecule has 0 atom stereocenters. The van der Waals surface area contributed by atoms with E-state index >= 15 is 0 Å². The van der Waals surface area contributed by atoms with E-state index < -0.39 is 9.84 Å². The van der Waals surface area contributed by atoms with Gasteiger partial charge < -0.3 is 4.74 Å². The number of hydrogen-bond acceptors (Lipinski definition) is 3. The zero-order valence-corrected chi connectivity index (χ0v) is 9.26.